The quantitative estimate of drug-likeness (QED) is 0.794. The summed E-state index contributed by atoms with van der Waals surface area (Å²) < 4.78 is 5.71. The first-order valence-electron chi connectivity index (χ1n) is 6.21. The van der Waals surface area contributed by atoms with Gasteiger partial charge in [-0.1, -0.05) is 12.1 Å². The molecule has 1 saturated carbocycles. The maximum atomic E-state index is 5.71. The summed E-state index contributed by atoms with van der Waals surface area (Å²) in [6, 6.07) is 9.14. The monoisotopic (exact) mass is 219 g/mol. The second kappa shape index (κ2) is 5.35. The molecule has 2 nitrogen and oxygen atoms in total. The molecule has 16 heavy (non-hydrogen) atoms. The maximum Gasteiger partial charge on any atom is 0.119 e. The second-order valence-corrected chi connectivity index (χ2v) is 4.69. The second-order valence-electron chi connectivity index (χ2n) is 4.69. The Morgan fingerprint density at radius 1 is 1.31 bits per heavy atom. The summed E-state index contributed by atoms with van der Waals surface area (Å²) in [5.74, 6) is 1.02. The highest BCUT2D eigenvalue weighted by Crippen LogP contribution is 2.26. The molecule has 0 spiro atoms. The lowest BCUT2D eigenvalue weighted by Crippen LogP contribution is -2.21. The average molecular weight is 219 g/mol. The summed E-state index contributed by atoms with van der Waals surface area (Å²) in [6.45, 7) is 2.21. The Hall–Kier alpha value is -1.02. The number of ether oxygens (including phenoxy) is 1. The Balaban J connectivity index is 1.81. The average Bonchev–Trinajstić information content (AvgIpc) is 3.11. The lowest BCUT2D eigenvalue weighted by atomic mass is 10.1. The van der Waals surface area contributed by atoms with Gasteiger partial charge in [0, 0.05) is 6.04 Å². The summed E-state index contributed by atoms with van der Waals surface area (Å²) in [6.07, 6.45) is 5.25. The van der Waals surface area contributed by atoms with Crippen molar-refractivity contribution in [1.29, 1.82) is 0 Å². The Kier molecular flexibility index (Phi) is 3.83. The Bertz CT molecular complexity index is 316. The minimum Gasteiger partial charge on any atom is -0.490 e. The van der Waals surface area contributed by atoms with Crippen molar-refractivity contribution in [3.8, 4) is 5.75 Å². The fraction of sp³-hybridized carbons (Fsp3) is 0.571. The van der Waals surface area contributed by atoms with Gasteiger partial charge in [-0.05, 0) is 57.4 Å². The number of nitrogens with one attached hydrogen (secondary N) is 1. The van der Waals surface area contributed by atoms with E-state index < -0.39 is 0 Å². The molecule has 1 fully saturated rings. The minimum absolute atomic E-state index is 0.496. The van der Waals surface area contributed by atoms with E-state index in [0.717, 1.165) is 12.2 Å². The van der Waals surface area contributed by atoms with Crippen LogP contribution in [0, 0.1) is 0 Å². The molecular formula is C14H21NO. The maximum absolute atomic E-state index is 5.71. The number of hydrogen-bond acceptors (Lipinski definition) is 2. The summed E-state index contributed by atoms with van der Waals surface area (Å²) >= 11 is 0. The van der Waals surface area contributed by atoms with Crippen molar-refractivity contribution in [2.75, 3.05) is 7.05 Å². The smallest absolute Gasteiger partial charge is 0.119 e. The van der Waals surface area contributed by atoms with E-state index in [-0.39, 0.29) is 0 Å². The van der Waals surface area contributed by atoms with Crippen molar-refractivity contribution in [3.05, 3.63) is 29.8 Å². The molecule has 1 aliphatic carbocycles. The van der Waals surface area contributed by atoms with Crippen LogP contribution in [-0.4, -0.2) is 19.2 Å². The van der Waals surface area contributed by atoms with Crippen LogP contribution in [0.2, 0.25) is 0 Å². The van der Waals surface area contributed by atoms with Gasteiger partial charge in [0.1, 0.15) is 5.75 Å². The molecule has 0 heterocycles. The highest BCUT2D eigenvalue weighted by molar-refractivity contribution is 5.27. The first-order chi connectivity index (χ1) is 7.78. The lowest BCUT2D eigenvalue weighted by Gasteiger charge is -2.10. The lowest BCUT2D eigenvalue weighted by molar-refractivity contribution is 0.303. The van der Waals surface area contributed by atoms with Gasteiger partial charge in [0.2, 0.25) is 0 Å². The number of benzene rings is 1. The molecule has 0 bridgehead atoms. The molecule has 0 saturated heterocycles. The van der Waals surface area contributed by atoms with Crippen LogP contribution in [0.1, 0.15) is 31.7 Å². The van der Waals surface area contributed by atoms with E-state index in [1.807, 2.05) is 7.05 Å². The number of hydrogen-bond donors (Lipinski definition) is 1. The first kappa shape index (κ1) is 11.5. The van der Waals surface area contributed by atoms with Crippen LogP contribution >= 0.6 is 0 Å². The largest absolute Gasteiger partial charge is 0.490 e. The molecule has 0 aromatic heterocycles. The molecule has 1 N–H and O–H groups in total. The van der Waals surface area contributed by atoms with Gasteiger partial charge in [0.25, 0.3) is 0 Å². The predicted molar refractivity (Wildman–Crippen MR) is 66.9 cm³/mol. The standard InChI is InChI=1S/C14H21NO/c1-11(15-2)3-4-12-5-7-13(8-6-12)16-14-9-10-14/h5-8,11,14-15H,3-4,9-10H2,1-2H3. The summed E-state index contributed by atoms with van der Waals surface area (Å²) in [5.41, 5.74) is 1.39. The SMILES string of the molecule is CNC(C)CCc1ccc(OC2CC2)cc1. The van der Waals surface area contributed by atoms with Gasteiger partial charge in [-0.25, -0.2) is 0 Å². The van der Waals surface area contributed by atoms with Crippen LogP contribution in [-0.2, 0) is 6.42 Å². The van der Waals surface area contributed by atoms with Crippen LogP contribution in [0.4, 0.5) is 0 Å². The molecule has 0 aliphatic heterocycles. The highest BCUT2D eigenvalue weighted by atomic mass is 16.5. The van der Waals surface area contributed by atoms with Crippen molar-refractivity contribution in [2.45, 2.75) is 44.8 Å². The Morgan fingerprint density at radius 2 is 2.00 bits per heavy atom. The van der Waals surface area contributed by atoms with Crippen molar-refractivity contribution >= 4 is 0 Å². The topological polar surface area (TPSA) is 21.3 Å². The van der Waals surface area contributed by atoms with E-state index in [2.05, 4.69) is 36.5 Å². The Labute approximate surface area is 98.0 Å². The molecule has 2 heteroatoms. The molecule has 1 atom stereocenters. The van der Waals surface area contributed by atoms with E-state index >= 15 is 0 Å². The molecular weight excluding hydrogens is 198 g/mol. The number of rotatable bonds is 6. The summed E-state index contributed by atoms with van der Waals surface area (Å²) in [7, 11) is 2.01. The van der Waals surface area contributed by atoms with E-state index in [1.54, 1.807) is 0 Å². The van der Waals surface area contributed by atoms with E-state index in [9.17, 15) is 0 Å². The summed E-state index contributed by atoms with van der Waals surface area (Å²) in [5, 5.41) is 3.26. The fourth-order valence-electron chi connectivity index (χ4n) is 1.64. The minimum atomic E-state index is 0.496. The zero-order valence-electron chi connectivity index (χ0n) is 10.2. The molecule has 1 aliphatic rings. The molecule has 1 aromatic rings. The third-order valence-electron chi connectivity index (χ3n) is 3.11. The van der Waals surface area contributed by atoms with Gasteiger partial charge in [-0.15, -0.1) is 0 Å². The number of aryl methyl sites for hydroxylation is 1. The van der Waals surface area contributed by atoms with Gasteiger partial charge >= 0.3 is 0 Å². The molecule has 1 aromatic carbocycles. The normalized spacial score (nSPS) is 17.1. The van der Waals surface area contributed by atoms with Gasteiger partial charge in [0.15, 0.2) is 0 Å². The van der Waals surface area contributed by atoms with Crippen molar-refractivity contribution in [3.63, 3.8) is 0 Å². The van der Waals surface area contributed by atoms with E-state index in [0.29, 0.717) is 12.1 Å². The summed E-state index contributed by atoms with van der Waals surface area (Å²) in [4.78, 5) is 0. The van der Waals surface area contributed by atoms with Crippen LogP contribution in [0.15, 0.2) is 24.3 Å². The third kappa shape index (κ3) is 3.53. The van der Waals surface area contributed by atoms with Gasteiger partial charge in [-0.2, -0.15) is 0 Å². The first-order valence-corrected chi connectivity index (χ1v) is 6.21. The highest BCUT2D eigenvalue weighted by Gasteiger charge is 2.23. The van der Waals surface area contributed by atoms with Crippen molar-refractivity contribution in [2.24, 2.45) is 0 Å². The van der Waals surface area contributed by atoms with Gasteiger partial charge in [0.05, 0.1) is 6.10 Å². The van der Waals surface area contributed by atoms with E-state index in [1.165, 1.54) is 24.8 Å². The van der Waals surface area contributed by atoms with Crippen LogP contribution < -0.4 is 10.1 Å². The molecule has 0 amide bonds. The van der Waals surface area contributed by atoms with Gasteiger partial charge < -0.3 is 10.1 Å². The molecule has 0 radical (unpaired) electrons. The molecule has 1 unspecified atom stereocenters. The predicted octanol–water partition coefficient (Wildman–Crippen LogP) is 2.77. The van der Waals surface area contributed by atoms with Crippen molar-refractivity contribution < 1.29 is 4.74 Å². The zero-order chi connectivity index (χ0) is 11.4. The molecule has 2 rings (SSSR count). The Morgan fingerprint density at radius 3 is 2.56 bits per heavy atom. The van der Waals surface area contributed by atoms with Crippen LogP contribution in [0.3, 0.4) is 0 Å². The van der Waals surface area contributed by atoms with Gasteiger partial charge in [-0.3, -0.25) is 0 Å². The fourth-order valence-corrected chi connectivity index (χ4v) is 1.64. The van der Waals surface area contributed by atoms with Crippen molar-refractivity contribution in [1.82, 2.24) is 5.32 Å². The van der Waals surface area contributed by atoms with Crippen LogP contribution in [0.5, 0.6) is 5.75 Å². The zero-order valence-corrected chi connectivity index (χ0v) is 10.2. The van der Waals surface area contributed by atoms with E-state index in [4.69, 9.17) is 4.74 Å². The molecule has 88 valence electrons. The third-order valence-corrected chi connectivity index (χ3v) is 3.11. The van der Waals surface area contributed by atoms with Crippen LogP contribution in [0.25, 0.3) is 0 Å².